The molecular weight excluding hydrogens is 572 g/mol. The Morgan fingerprint density at radius 2 is 1.71 bits per heavy atom. The lowest BCUT2D eigenvalue weighted by Gasteiger charge is -2.09. The van der Waals surface area contributed by atoms with Crippen molar-refractivity contribution in [2.75, 3.05) is 0 Å². The van der Waals surface area contributed by atoms with Crippen LogP contribution >= 0.6 is 31.9 Å². The number of nitrogens with one attached hydrogen (secondary N) is 2. The minimum absolute atomic E-state index is 0.0692. The molecule has 0 spiro atoms. The van der Waals surface area contributed by atoms with Crippen LogP contribution in [-0.2, 0) is 4.79 Å². The number of rotatable bonds is 7. The molecule has 0 radical (unpaired) electrons. The summed E-state index contributed by atoms with van der Waals surface area (Å²) in [5.74, 6) is -1.34. The Bertz CT molecular complexity index is 1290. The first-order valence-corrected chi connectivity index (χ1v) is 11.2. The number of nitro benzene ring substituents is 1. The van der Waals surface area contributed by atoms with Crippen LogP contribution in [0, 0.1) is 10.1 Å². The largest absolute Gasteiger partial charge is 0.506 e. The number of nitrogens with zero attached hydrogens (tertiary/aromatic N) is 2. The maximum atomic E-state index is 12.8. The van der Waals surface area contributed by atoms with Gasteiger partial charge in [-0.1, -0.05) is 34.1 Å². The molecule has 0 bridgehead atoms. The molecule has 3 rings (SSSR count). The van der Waals surface area contributed by atoms with Crippen LogP contribution in [0.15, 0.2) is 86.5 Å². The lowest BCUT2D eigenvalue weighted by atomic mass is 10.1. The van der Waals surface area contributed by atoms with Crippen molar-refractivity contribution in [2.24, 2.45) is 5.10 Å². The number of hydrogen-bond donors (Lipinski definition) is 3. The van der Waals surface area contributed by atoms with E-state index < -0.39 is 16.7 Å². The van der Waals surface area contributed by atoms with Gasteiger partial charge in [0.15, 0.2) is 0 Å². The van der Waals surface area contributed by atoms with Gasteiger partial charge in [0.2, 0.25) is 0 Å². The van der Waals surface area contributed by atoms with E-state index in [-0.39, 0.29) is 17.1 Å². The molecule has 34 heavy (non-hydrogen) atoms. The fraction of sp³-hybridized carbons (Fsp3) is 0. The standard InChI is InChI=1S/C23H16Br2N4O5/c24-17-11-16(21(30)19(25)12-17)13-26-28-23(32)20(27-22(31)15-4-2-1-3-5-15)10-14-6-8-18(9-7-14)29(33)34/h1-13,30H,(H,27,31)(H,28,32)/b20-10?,26-13+. The molecule has 0 aliphatic heterocycles. The number of amides is 2. The highest BCUT2D eigenvalue weighted by Gasteiger charge is 2.15. The average molecular weight is 588 g/mol. The first kappa shape index (κ1) is 24.8. The SMILES string of the molecule is O=C(N/N=C/c1cc(Br)cc(Br)c1O)C(=Cc1ccc([N+](=O)[O-])cc1)NC(=O)c1ccccc1. The van der Waals surface area contributed by atoms with Crippen LogP contribution in [0.3, 0.4) is 0 Å². The minimum atomic E-state index is -0.743. The summed E-state index contributed by atoms with van der Waals surface area (Å²) in [5.41, 5.74) is 3.16. The zero-order valence-corrected chi connectivity index (χ0v) is 20.4. The smallest absolute Gasteiger partial charge is 0.287 e. The number of phenolic OH excluding ortho intramolecular Hbond substituents is 1. The molecule has 0 saturated carbocycles. The van der Waals surface area contributed by atoms with E-state index in [1.54, 1.807) is 42.5 Å². The molecule has 0 aromatic heterocycles. The molecule has 0 atom stereocenters. The second kappa shape index (κ2) is 11.3. The summed E-state index contributed by atoms with van der Waals surface area (Å²) in [6, 6.07) is 17.0. The Morgan fingerprint density at radius 3 is 2.35 bits per heavy atom. The third kappa shape index (κ3) is 6.59. The molecule has 2 amide bonds. The predicted octanol–water partition coefficient (Wildman–Crippen LogP) is 4.75. The second-order valence-electron chi connectivity index (χ2n) is 6.75. The normalized spacial score (nSPS) is 11.3. The van der Waals surface area contributed by atoms with Gasteiger partial charge in [0.05, 0.1) is 15.6 Å². The third-order valence-electron chi connectivity index (χ3n) is 4.37. The van der Waals surface area contributed by atoms with Crippen LogP contribution in [0.5, 0.6) is 5.75 Å². The zero-order chi connectivity index (χ0) is 24.7. The molecular formula is C23H16Br2N4O5. The van der Waals surface area contributed by atoms with Crippen LogP contribution in [0.2, 0.25) is 0 Å². The topological polar surface area (TPSA) is 134 Å². The van der Waals surface area contributed by atoms with Crippen molar-refractivity contribution in [1.29, 1.82) is 0 Å². The molecule has 9 nitrogen and oxygen atoms in total. The quantitative estimate of drug-likeness (QED) is 0.159. The highest BCUT2D eigenvalue weighted by molar-refractivity contribution is 9.11. The fourth-order valence-electron chi connectivity index (χ4n) is 2.71. The molecule has 0 aliphatic carbocycles. The summed E-state index contributed by atoms with van der Waals surface area (Å²) in [4.78, 5) is 35.7. The number of aromatic hydroxyl groups is 1. The fourth-order valence-corrected chi connectivity index (χ4v) is 3.96. The van der Waals surface area contributed by atoms with Gasteiger partial charge in [-0.2, -0.15) is 5.10 Å². The Hall–Kier alpha value is -3.83. The first-order chi connectivity index (χ1) is 16.2. The summed E-state index contributed by atoms with van der Waals surface area (Å²) in [7, 11) is 0. The van der Waals surface area contributed by atoms with Gasteiger partial charge in [0, 0.05) is 27.7 Å². The summed E-state index contributed by atoms with van der Waals surface area (Å²) in [6.45, 7) is 0. The van der Waals surface area contributed by atoms with Gasteiger partial charge in [-0.15, -0.1) is 0 Å². The van der Waals surface area contributed by atoms with Gasteiger partial charge in [-0.05, 0) is 64.0 Å². The summed E-state index contributed by atoms with van der Waals surface area (Å²) < 4.78 is 1.11. The van der Waals surface area contributed by atoms with E-state index in [0.717, 1.165) is 0 Å². The van der Waals surface area contributed by atoms with Crippen LogP contribution in [-0.4, -0.2) is 28.1 Å². The van der Waals surface area contributed by atoms with Crippen molar-refractivity contribution in [3.8, 4) is 5.75 Å². The number of non-ortho nitro benzene ring substituents is 1. The van der Waals surface area contributed by atoms with Crippen LogP contribution in [0.1, 0.15) is 21.5 Å². The van der Waals surface area contributed by atoms with Gasteiger partial charge >= 0.3 is 0 Å². The number of benzene rings is 3. The van der Waals surface area contributed by atoms with Gasteiger partial charge in [0.25, 0.3) is 17.5 Å². The van der Waals surface area contributed by atoms with E-state index in [9.17, 15) is 24.8 Å². The van der Waals surface area contributed by atoms with Crippen molar-refractivity contribution >= 4 is 61.7 Å². The van der Waals surface area contributed by atoms with E-state index in [0.29, 0.717) is 25.6 Å². The zero-order valence-electron chi connectivity index (χ0n) is 17.2. The lowest BCUT2D eigenvalue weighted by Crippen LogP contribution is -2.32. The average Bonchev–Trinajstić information content (AvgIpc) is 2.82. The minimum Gasteiger partial charge on any atom is -0.506 e. The van der Waals surface area contributed by atoms with E-state index in [4.69, 9.17) is 0 Å². The molecule has 0 heterocycles. The Morgan fingerprint density at radius 1 is 1.03 bits per heavy atom. The molecule has 0 unspecified atom stereocenters. The molecule has 0 fully saturated rings. The van der Waals surface area contributed by atoms with Crippen molar-refractivity contribution in [1.82, 2.24) is 10.7 Å². The van der Waals surface area contributed by atoms with Crippen molar-refractivity contribution in [2.45, 2.75) is 0 Å². The van der Waals surface area contributed by atoms with Gasteiger partial charge in [-0.3, -0.25) is 19.7 Å². The van der Waals surface area contributed by atoms with Gasteiger partial charge in [0.1, 0.15) is 11.4 Å². The highest BCUT2D eigenvalue weighted by atomic mass is 79.9. The molecule has 3 aromatic rings. The number of carbonyl (C=O) groups excluding carboxylic acids is 2. The van der Waals surface area contributed by atoms with E-state index in [2.05, 4.69) is 47.7 Å². The summed E-state index contributed by atoms with van der Waals surface area (Å²) in [6.07, 6.45) is 2.61. The highest BCUT2D eigenvalue weighted by Crippen LogP contribution is 2.30. The number of nitro groups is 1. The number of hydrogen-bond acceptors (Lipinski definition) is 6. The second-order valence-corrected chi connectivity index (χ2v) is 8.52. The lowest BCUT2D eigenvalue weighted by molar-refractivity contribution is -0.384. The van der Waals surface area contributed by atoms with Crippen LogP contribution < -0.4 is 10.7 Å². The first-order valence-electron chi connectivity index (χ1n) is 9.58. The monoisotopic (exact) mass is 586 g/mol. The molecule has 0 aliphatic rings. The van der Waals surface area contributed by atoms with Gasteiger partial charge < -0.3 is 10.4 Å². The number of phenols is 1. The number of halogens is 2. The van der Waals surface area contributed by atoms with E-state index in [1.165, 1.54) is 36.6 Å². The molecule has 3 N–H and O–H groups in total. The summed E-state index contributed by atoms with van der Waals surface area (Å²) in [5, 5.41) is 27.4. The van der Waals surface area contributed by atoms with Crippen LogP contribution in [0.4, 0.5) is 5.69 Å². The maximum absolute atomic E-state index is 12.8. The predicted molar refractivity (Wildman–Crippen MR) is 134 cm³/mol. The maximum Gasteiger partial charge on any atom is 0.287 e. The van der Waals surface area contributed by atoms with Gasteiger partial charge in [-0.25, -0.2) is 5.43 Å². The van der Waals surface area contributed by atoms with Crippen molar-refractivity contribution in [3.63, 3.8) is 0 Å². The summed E-state index contributed by atoms with van der Waals surface area (Å²) >= 11 is 6.52. The Labute approximate surface area is 210 Å². The van der Waals surface area contributed by atoms with E-state index >= 15 is 0 Å². The molecule has 3 aromatic carbocycles. The van der Waals surface area contributed by atoms with Crippen molar-refractivity contribution < 1.29 is 19.6 Å². The van der Waals surface area contributed by atoms with Crippen LogP contribution in [0.25, 0.3) is 6.08 Å². The number of carbonyl (C=O) groups is 2. The number of hydrazone groups is 1. The van der Waals surface area contributed by atoms with Crippen molar-refractivity contribution in [3.05, 3.63) is 108 Å². The molecule has 11 heteroatoms. The Balaban J connectivity index is 1.85. The van der Waals surface area contributed by atoms with E-state index in [1.807, 2.05) is 0 Å². The molecule has 172 valence electrons. The Kier molecular flexibility index (Phi) is 8.28. The molecule has 0 saturated heterocycles. The third-order valence-corrected chi connectivity index (χ3v) is 5.43.